The topological polar surface area (TPSA) is 118 Å². The van der Waals surface area contributed by atoms with Crippen LogP contribution in [-0.4, -0.2) is 34.9 Å². The number of esters is 1. The molecule has 0 aliphatic heterocycles. The summed E-state index contributed by atoms with van der Waals surface area (Å²) in [7, 11) is -4.68. The molecule has 2 N–H and O–H groups in total. The lowest BCUT2D eigenvalue weighted by atomic mass is 10.1. The summed E-state index contributed by atoms with van der Waals surface area (Å²) in [4.78, 5) is 20.1. The third kappa shape index (κ3) is 8.13. The number of aliphatic carboxylic acids is 1. The Morgan fingerprint density at radius 3 is 2.26 bits per heavy atom. The van der Waals surface area contributed by atoms with Crippen LogP contribution in [0.2, 0.25) is 0 Å². The minimum absolute atomic E-state index is 0.0552. The maximum Gasteiger partial charge on any atom is 0.308 e. The maximum absolute atomic E-state index is 11.8. The van der Waals surface area contributed by atoms with Crippen molar-refractivity contribution in [1.29, 1.82) is 0 Å². The van der Waals surface area contributed by atoms with E-state index in [0.717, 1.165) is 25.7 Å². The van der Waals surface area contributed by atoms with Gasteiger partial charge in [-0.1, -0.05) is 38.7 Å². The number of rotatable bonds is 13. The van der Waals surface area contributed by atoms with Gasteiger partial charge in [0.05, 0.1) is 12.8 Å². The van der Waals surface area contributed by atoms with Crippen molar-refractivity contribution in [2.75, 3.05) is 0 Å². The number of ether oxygens (including phenoxy) is 1. The van der Waals surface area contributed by atoms with Gasteiger partial charge in [-0.15, -0.1) is 6.58 Å². The molecule has 0 radical (unpaired) electrons. The summed E-state index contributed by atoms with van der Waals surface area (Å²) in [6.07, 6.45) is 4.18. The fraction of sp³-hybridized carbons (Fsp3) is 0.733. The van der Waals surface area contributed by atoms with Gasteiger partial charge in [0.25, 0.3) is 0 Å². The van der Waals surface area contributed by atoms with Crippen molar-refractivity contribution in [3.05, 3.63) is 12.7 Å². The van der Waals surface area contributed by atoms with Gasteiger partial charge < -0.3 is 9.84 Å². The Hall–Kier alpha value is -1.41. The predicted octanol–water partition coefficient (Wildman–Crippen LogP) is 2.92. The first-order valence-corrected chi connectivity index (χ1v) is 9.14. The Labute approximate surface area is 137 Å². The zero-order valence-corrected chi connectivity index (χ0v) is 14.3. The molecule has 0 saturated heterocycles. The molecule has 0 rings (SSSR count). The average molecular weight is 350 g/mol. The lowest BCUT2D eigenvalue weighted by Gasteiger charge is -2.29. The van der Waals surface area contributed by atoms with Crippen molar-refractivity contribution in [3.63, 3.8) is 0 Å². The molecule has 0 aromatic rings. The molecule has 0 saturated carbocycles. The Kier molecular flexibility index (Phi) is 9.74. The van der Waals surface area contributed by atoms with Crippen LogP contribution >= 0.6 is 0 Å². The summed E-state index contributed by atoms with van der Waals surface area (Å²) >= 11 is 0. The van der Waals surface area contributed by atoms with E-state index in [1.165, 1.54) is 6.08 Å². The average Bonchev–Trinajstić information content (AvgIpc) is 2.43. The fourth-order valence-corrected chi connectivity index (χ4v) is 3.10. The number of unbranched alkanes of at least 4 members (excludes halogenated alkanes) is 4. The number of carboxylic acid groups (broad SMARTS) is 1. The molecular weight excluding hydrogens is 324 g/mol. The van der Waals surface area contributed by atoms with Crippen LogP contribution < -0.4 is 0 Å². The predicted molar refractivity (Wildman–Crippen MR) is 85.4 cm³/mol. The molecule has 0 bridgehead atoms. The minimum Gasteiger partial charge on any atom is -0.481 e. The fourth-order valence-electron chi connectivity index (χ4n) is 2.17. The Morgan fingerprint density at radius 1 is 1.17 bits per heavy atom. The first-order chi connectivity index (χ1) is 10.7. The van der Waals surface area contributed by atoms with E-state index in [4.69, 9.17) is 9.84 Å². The molecule has 1 unspecified atom stereocenters. The van der Waals surface area contributed by atoms with Crippen LogP contribution in [0.5, 0.6) is 0 Å². The zero-order valence-electron chi connectivity index (χ0n) is 13.5. The number of hydrogen-bond donors (Lipinski definition) is 2. The van der Waals surface area contributed by atoms with Gasteiger partial charge in [0, 0.05) is 12.8 Å². The summed E-state index contributed by atoms with van der Waals surface area (Å²) < 4.78 is 38.0. The summed E-state index contributed by atoms with van der Waals surface area (Å²) in [5.41, 5.74) is 0. The van der Waals surface area contributed by atoms with Gasteiger partial charge >= 0.3 is 22.1 Å². The standard InChI is InChI=1S/C15H26O7S/c1-3-5-6-7-8-12-15(11-4-2,23(19,20)21)22-14(18)10-9-13(16)17/h4H,2-3,5-12H2,1H3,(H,16,17)(H,19,20,21). The summed E-state index contributed by atoms with van der Waals surface area (Å²) in [5.74, 6) is -2.16. The quantitative estimate of drug-likeness (QED) is 0.227. The van der Waals surface area contributed by atoms with Crippen LogP contribution in [0.1, 0.15) is 64.7 Å². The smallest absolute Gasteiger partial charge is 0.308 e. The highest BCUT2D eigenvalue weighted by Crippen LogP contribution is 2.31. The van der Waals surface area contributed by atoms with Crippen LogP contribution in [0, 0.1) is 0 Å². The molecular formula is C15H26O7S. The van der Waals surface area contributed by atoms with Gasteiger partial charge in [0.2, 0.25) is 4.93 Å². The van der Waals surface area contributed by atoms with Gasteiger partial charge in [-0.3, -0.25) is 14.1 Å². The van der Waals surface area contributed by atoms with E-state index in [9.17, 15) is 22.6 Å². The van der Waals surface area contributed by atoms with Crippen molar-refractivity contribution in [2.45, 2.75) is 69.6 Å². The van der Waals surface area contributed by atoms with E-state index < -0.39 is 39.8 Å². The Balaban J connectivity index is 4.99. The largest absolute Gasteiger partial charge is 0.481 e. The van der Waals surface area contributed by atoms with Crippen LogP contribution in [-0.2, 0) is 24.4 Å². The normalized spacial score (nSPS) is 14.0. The Bertz CT molecular complexity index is 498. The maximum atomic E-state index is 11.8. The van der Waals surface area contributed by atoms with Crippen molar-refractivity contribution in [3.8, 4) is 0 Å². The SMILES string of the molecule is C=CCC(CCCCCCC)(OC(=O)CCC(=O)O)S(=O)(=O)O. The summed E-state index contributed by atoms with van der Waals surface area (Å²) in [5, 5.41) is 8.56. The first-order valence-electron chi connectivity index (χ1n) is 7.70. The highest BCUT2D eigenvalue weighted by Gasteiger charge is 2.45. The van der Waals surface area contributed by atoms with Crippen LogP contribution in [0.25, 0.3) is 0 Å². The molecule has 0 aliphatic rings. The van der Waals surface area contributed by atoms with E-state index in [1.54, 1.807) is 0 Å². The van der Waals surface area contributed by atoms with E-state index in [1.807, 2.05) is 6.92 Å². The molecule has 0 aliphatic carbocycles. The molecule has 0 aromatic heterocycles. The van der Waals surface area contributed by atoms with Crippen LogP contribution in [0.4, 0.5) is 0 Å². The molecule has 0 fully saturated rings. The highest BCUT2D eigenvalue weighted by atomic mass is 32.2. The van der Waals surface area contributed by atoms with E-state index in [-0.39, 0.29) is 12.8 Å². The molecule has 23 heavy (non-hydrogen) atoms. The van der Waals surface area contributed by atoms with Crippen molar-refractivity contribution >= 4 is 22.1 Å². The Morgan fingerprint density at radius 2 is 1.78 bits per heavy atom. The zero-order chi connectivity index (χ0) is 17.9. The summed E-state index contributed by atoms with van der Waals surface area (Å²) in [6.45, 7) is 5.48. The highest BCUT2D eigenvalue weighted by molar-refractivity contribution is 7.87. The van der Waals surface area contributed by atoms with Gasteiger partial charge in [0.1, 0.15) is 0 Å². The van der Waals surface area contributed by atoms with Crippen molar-refractivity contribution in [1.82, 2.24) is 0 Å². The van der Waals surface area contributed by atoms with Gasteiger partial charge in [-0.25, -0.2) is 0 Å². The van der Waals surface area contributed by atoms with E-state index in [0.29, 0.717) is 6.42 Å². The van der Waals surface area contributed by atoms with Gasteiger partial charge in [-0.2, -0.15) is 8.42 Å². The lowest BCUT2D eigenvalue weighted by molar-refractivity contribution is -0.155. The number of carbonyl (C=O) groups is 2. The van der Waals surface area contributed by atoms with E-state index >= 15 is 0 Å². The van der Waals surface area contributed by atoms with Gasteiger partial charge in [0.15, 0.2) is 0 Å². The second-order valence-electron chi connectivity index (χ2n) is 5.41. The molecule has 0 heterocycles. The van der Waals surface area contributed by atoms with Crippen LogP contribution in [0.15, 0.2) is 12.7 Å². The molecule has 1 atom stereocenters. The second kappa shape index (κ2) is 10.4. The molecule has 0 amide bonds. The molecule has 0 spiro atoms. The van der Waals surface area contributed by atoms with Crippen molar-refractivity contribution in [2.24, 2.45) is 0 Å². The number of carbonyl (C=O) groups excluding carboxylic acids is 1. The molecule has 0 aromatic carbocycles. The third-order valence-corrected chi connectivity index (χ3v) is 4.82. The summed E-state index contributed by atoms with van der Waals surface area (Å²) in [6, 6.07) is 0. The van der Waals surface area contributed by atoms with E-state index in [2.05, 4.69) is 6.58 Å². The molecule has 134 valence electrons. The first kappa shape index (κ1) is 21.6. The third-order valence-electron chi connectivity index (χ3n) is 3.43. The van der Waals surface area contributed by atoms with Gasteiger partial charge in [-0.05, 0) is 6.42 Å². The van der Waals surface area contributed by atoms with Crippen LogP contribution in [0.3, 0.4) is 0 Å². The molecule has 8 heteroatoms. The molecule has 7 nitrogen and oxygen atoms in total. The number of hydrogen-bond acceptors (Lipinski definition) is 5. The second-order valence-corrected chi connectivity index (χ2v) is 7.10. The number of carboxylic acids is 1. The lowest BCUT2D eigenvalue weighted by Crippen LogP contribution is -2.42. The van der Waals surface area contributed by atoms with Crippen molar-refractivity contribution < 1.29 is 32.4 Å². The monoisotopic (exact) mass is 350 g/mol. The minimum atomic E-state index is -4.68.